The van der Waals surface area contributed by atoms with Crippen molar-refractivity contribution in [3.8, 4) is 5.75 Å². The maximum atomic E-state index is 12.8. The lowest BCUT2D eigenvalue weighted by atomic mass is 10.0. The molecule has 1 unspecified atom stereocenters. The Labute approximate surface area is 233 Å². The van der Waals surface area contributed by atoms with Crippen molar-refractivity contribution < 1.29 is 18.8 Å². The summed E-state index contributed by atoms with van der Waals surface area (Å²) in [6.07, 6.45) is 16.2. The van der Waals surface area contributed by atoms with Gasteiger partial charge in [-0.2, -0.15) is 0 Å². The van der Waals surface area contributed by atoms with E-state index in [4.69, 9.17) is 9.47 Å². The molecule has 0 aliphatic heterocycles. The largest absolute Gasteiger partial charge is 0.493 e. The number of carbonyl (C=O) groups excluding carboxylic acids is 1. The first kappa shape index (κ1) is 31.9. The molecule has 2 aromatic rings. The molecule has 0 aliphatic carbocycles. The maximum Gasteiger partial charge on any atom is 0.364 e. The van der Waals surface area contributed by atoms with Crippen molar-refractivity contribution in [1.82, 2.24) is 0 Å². The third kappa shape index (κ3) is 13.0. The van der Waals surface area contributed by atoms with Crippen LogP contribution in [-0.4, -0.2) is 43.8 Å². The van der Waals surface area contributed by atoms with Gasteiger partial charge in [-0.3, -0.25) is 0 Å². The Balaban J connectivity index is 1.60. The van der Waals surface area contributed by atoms with Crippen LogP contribution in [0.1, 0.15) is 102 Å². The molecule has 0 amide bonds. The molecule has 0 radical (unpaired) electrons. The summed E-state index contributed by atoms with van der Waals surface area (Å²) in [5, 5.41) is 0. The van der Waals surface area contributed by atoms with Gasteiger partial charge in [0.1, 0.15) is 12.3 Å². The van der Waals surface area contributed by atoms with Gasteiger partial charge in [0, 0.05) is 18.4 Å². The number of esters is 1. The van der Waals surface area contributed by atoms with E-state index in [0.717, 1.165) is 25.1 Å². The molecule has 212 valence electrons. The summed E-state index contributed by atoms with van der Waals surface area (Å²) in [5.74, 6) is 0.792. The van der Waals surface area contributed by atoms with Crippen molar-refractivity contribution in [3.63, 3.8) is 0 Å². The SMILES string of the molecule is CCCCCCCCCCCCc1cccc(OCCCOC(=O)C(CC)[N+](C)(C)Cc2ccccc2)c1. The van der Waals surface area contributed by atoms with E-state index in [1.807, 2.05) is 24.3 Å². The molecule has 0 aromatic heterocycles. The molecule has 2 rings (SSSR count). The van der Waals surface area contributed by atoms with Crippen LogP contribution in [0.5, 0.6) is 5.75 Å². The number of ether oxygens (including phenoxy) is 2. The van der Waals surface area contributed by atoms with Gasteiger partial charge in [0.05, 0.1) is 27.3 Å². The van der Waals surface area contributed by atoms with Crippen molar-refractivity contribution in [2.24, 2.45) is 0 Å². The quantitative estimate of drug-likeness (QED) is 0.0932. The predicted molar refractivity (Wildman–Crippen MR) is 159 cm³/mol. The molecule has 0 spiro atoms. The van der Waals surface area contributed by atoms with Gasteiger partial charge in [-0.1, -0.05) is 114 Å². The monoisotopic (exact) mass is 524 g/mol. The van der Waals surface area contributed by atoms with E-state index < -0.39 is 0 Å². The van der Waals surface area contributed by atoms with Crippen molar-refractivity contribution in [1.29, 1.82) is 0 Å². The minimum atomic E-state index is -0.182. The summed E-state index contributed by atoms with van der Waals surface area (Å²) in [5.41, 5.74) is 2.57. The fourth-order valence-electron chi connectivity index (χ4n) is 5.24. The van der Waals surface area contributed by atoms with Crippen LogP contribution < -0.4 is 4.74 Å². The number of hydrogen-bond donors (Lipinski definition) is 0. The first-order valence-corrected chi connectivity index (χ1v) is 15.2. The second-order valence-corrected chi connectivity index (χ2v) is 11.3. The smallest absolute Gasteiger partial charge is 0.364 e. The van der Waals surface area contributed by atoms with Gasteiger partial charge >= 0.3 is 5.97 Å². The second kappa shape index (κ2) is 18.8. The molecule has 0 saturated heterocycles. The standard InChI is InChI=1S/C34H54NO3/c1-5-7-8-9-10-11-12-13-14-16-21-30-24-19-25-32(28-30)37-26-20-27-38-34(36)33(6-2)35(3,4)29-31-22-17-15-18-23-31/h15,17-19,22-25,28,33H,5-14,16,20-21,26-27,29H2,1-4H3/q+1. The summed E-state index contributed by atoms with van der Waals surface area (Å²) < 4.78 is 12.2. The van der Waals surface area contributed by atoms with Gasteiger partial charge < -0.3 is 14.0 Å². The second-order valence-electron chi connectivity index (χ2n) is 11.3. The summed E-state index contributed by atoms with van der Waals surface area (Å²) in [6.45, 7) is 6.07. The lowest BCUT2D eigenvalue weighted by Gasteiger charge is -2.36. The zero-order valence-electron chi connectivity index (χ0n) is 24.8. The van der Waals surface area contributed by atoms with Gasteiger partial charge in [0.2, 0.25) is 0 Å². The summed E-state index contributed by atoms with van der Waals surface area (Å²) in [4.78, 5) is 12.8. The lowest BCUT2D eigenvalue weighted by Crippen LogP contribution is -2.52. The fourth-order valence-corrected chi connectivity index (χ4v) is 5.24. The maximum absolute atomic E-state index is 12.8. The molecule has 4 heteroatoms. The van der Waals surface area contributed by atoms with E-state index in [1.165, 1.54) is 75.3 Å². The molecular formula is C34H54NO3+. The Kier molecular flexibility index (Phi) is 15.8. The number of rotatable bonds is 21. The third-order valence-corrected chi connectivity index (χ3v) is 7.45. The number of benzene rings is 2. The van der Waals surface area contributed by atoms with Gasteiger partial charge in [-0.25, -0.2) is 4.79 Å². The van der Waals surface area contributed by atoms with Crippen molar-refractivity contribution in [2.75, 3.05) is 27.3 Å². The minimum absolute atomic E-state index is 0.119. The van der Waals surface area contributed by atoms with Crippen molar-refractivity contribution in [3.05, 3.63) is 65.7 Å². The molecule has 0 N–H and O–H groups in total. The van der Waals surface area contributed by atoms with Gasteiger partial charge in [0.25, 0.3) is 0 Å². The molecule has 4 nitrogen and oxygen atoms in total. The van der Waals surface area contributed by atoms with Crippen molar-refractivity contribution in [2.45, 2.75) is 110 Å². The number of hydrogen-bond acceptors (Lipinski definition) is 3. The summed E-state index contributed by atoms with van der Waals surface area (Å²) in [7, 11) is 4.21. The van der Waals surface area contributed by atoms with Gasteiger partial charge in [0.15, 0.2) is 6.04 Å². The Morgan fingerprint density at radius 2 is 1.37 bits per heavy atom. The highest BCUT2D eigenvalue weighted by molar-refractivity contribution is 5.74. The Morgan fingerprint density at radius 3 is 2.03 bits per heavy atom. The highest BCUT2D eigenvalue weighted by atomic mass is 16.5. The Morgan fingerprint density at radius 1 is 0.737 bits per heavy atom. The van der Waals surface area contributed by atoms with E-state index in [9.17, 15) is 4.79 Å². The van der Waals surface area contributed by atoms with Crippen LogP contribution in [0.15, 0.2) is 54.6 Å². The van der Waals surface area contributed by atoms with E-state index in [0.29, 0.717) is 24.1 Å². The Bertz CT molecular complexity index is 880. The zero-order valence-corrected chi connectivity index (χ0v) is 24.8. The number of likely N-dealkylation sites (N-methyl/N-ethyl adjacent to an activating group) is 1. The number of unbranched alkanes of at least 4 members (excludes halogenated alkanes) is 9. The number of carbonyl (C=O) groups is 1. The molecule has 0 heterocycles. The third-order valence-electron chi connectivity index (χ3n) is 7.45. The first-order valence-electron chi connectivity index (χ1n) is 15.2. The number of quaternary nitrogens is 1. The van der Waals surface area contributed by atoms with Crippen LogP contribution in [0.25, 0.3) is 0 Å². The van der Waals surface area contributed by atoms with Crippen LogP contribution in [0.2, 0.25) is 0 Å². The number of nitrogens with zero attached hydrogens (tertiary/aromatic N) is 1. The van der Waals surface area contributed by atoms with E-state index >= 15 is 0 Å². The minimum Gasteiger partial charge on any atom is -0.493 e. The lowest BCUT2D eigenvalue weighted by molar-refractivity contribution is -0.919. The Hall–Kier alpha value is -2.33. The molecule has 2 aromatic carbocycles. The molecular weight excluding hydrogens is 470 g/mol. The molecule has 0 saturated carbocycles. The topological polar surface area (TPSA) is 35.5 Å². The van der Waals surface area contributed by atoms with Crippen LogP contribution in [0.4, 0.5) is 0 Å². The normalized spacial score (nSPS) is 12.3. The highest BCUT2D eigenvalue weighted by Gasteiger charge is 2.34. The summed E-state index contributed by atoms with van der Waals surface area (Å²) >= 11 is 0. The zero-order chi connectivity index (χ0) is 27.5. The van der Waals surface area contributed by atoms with Crippen LogP contribution in [0.3, 0.4) is 0 Å². The van der Waals surface area contributed by atoms with E-state index in [-0.39, 0.29) is 12.0 Å². The molecule has 0 bridgehead atoms. The van der Waals surface area contributed by atoms with Crippen LogP contribution in [0, 0.1) is 0 Å². The highest BCUT2D eigenvalue weighted by Crippen LogP contribution is 2.19. The molecule has 0 aliphatic rings. The molecule has 1 atom stereocenters. The van der Waals surface area contributed by atoms with Crippen LogP contribution >= 0.6 is 0 Å². The summed E-state index contributed by atoms with van der Waals surface area (Å²) in [6, 6.07) is 18.6. The van der Waals surface area contributed by atoms with Crippen LogP contribution in [-0.2, 0) is 22.5 Å². The number of aryl methyl sites for hydroxylation is 1. The predicted octanol–water partition coefficient (Wildman–Crippen LogP) is 8.52. The van der Waals surface area contributed by atoms with Gasteiger partial charge in [-0.05, 0) is 30.5 Å². The van der Waals surface area contributed by atoms with Crippen molar-refractivity contribution >= 4 is 5.97 Å². The fraction of sp³-hybridized carbons (Fsp3) is 0.618. The van der Waals surface area contributed by atoms with E-state index in [1.54, 1.807) is 0 Å². The average Bonchev–Trinajstić information content (AvgIpc) is 2.90. The van der Waals surface area contributed by atoms with Gasteiger partial charge in [-0.15, -0.1) is 0 Å². The first-order chi connectivity index (χ1) is 18.5. The van der Waals surface area contributed by atoms with E-state index in [2.05, 4.69) is 58.3 Å². The average molecular weight is 525 g/mol. The molecule has 38 heavy (non-hydrogen) atoms. The molecule has 0 fully saturated rings.